The maximum absolute atomic E-state index is 12.6. The van der Waals surface area contributed by atoms with E-state index in [0.29, 0.717) is 38.2 Å². The van der Waals surface area contributed by atoms with Gasteiger partial charge in [-0.1, -0.05) is 13.8 Å². The van der Waals surface area contributed by atoms with Crippen LogP contribution in [0.5, 0.6) is 0 Å². The number of hydrogen-bond donors (Lipinski definition) is 1. The van der Waals surface area contributed by atoms with Crippen molar-refractivity contribution >= 4 is 5.91 Å². The average molecular weight is 334 g/mol. The zero-order chi connectivity index (χ0) is 17.5. The molecule has 23 heavy (non-hydrogen) atoms. The molecule has 1 heterocycles. The Balaban J connectivity index is 2.45. The Kier molecular flexibility index (Phi) is 7.28. The molecule has 0 fully saturated rings. The molecule has 1 rings (SSSR count). The van der Waals surface area contributed by atoms with Crippen LogP contribution < -0.4 is 10.9 Å². The Labute approximate surface area is 132 Å². The van der Waals surface area contributed by atoms with Gasteiger partial charge in [-0.2, -0.15) is 13.2 Å². The third-order valence-electron chi connectivity index (χ3n) is 2.88. The van der Waals surface area contributed by atoms with Crippen molar-refractivity contribution in [2.75, 3.05) is 19.8 Å². The molecule has 0 saturated heterocycles. The number of amides is 1. The molecule has 0 spiro atoms. The number of alkyl halides is 3. The summed E-state index contributed by atoms with van der Waals surface area (Å²) < 4.78 is 43.9. The van der Waals surface area contributed by atoms with E-state index in [1.165, 1.54) is 0 Å². The number of pyridine rings is 1. The second-order valence-corrected chi connectivity index (χ2v) is 5.52. The number of carbonyl (C=O) groups excluding carboxylic acids is 1. The zero-order valence-electron chi connectivity index (χ0n) is 13.2. The smallest absolute Gasteiger partial charge is 0.381 e. The lowest BCUT2D eigenvalue weighted by Crippen LogP contribution is -2.35. The van der Waals surface area contributed by atoms with Crippen LogP contribution in [0.25, 0.3) is 0 Å². The fourth-order valence-corrected chi connectivity index (χ4v) is 1.81. The van der Waals surface area contributed by atoms with Crippen LogP contribution in [-0.2, 0) is 22.3 Å². The number of halogens is 3. The molecule has 0 saturated carbocycles. The number of carbonyl (C=O) groups is 1. The van der Waals surface area contributed by atoms with E-state index in [1.807, 2.05) is 13.8 Å². The van der Waals surface area contributed by atoms with Crippen molar-refractivity contribution in [3.63, 3.8) is 0 Å². The normalized spacial score (nSPS) is 11.7. The monoisotopic (exact) mass is 334 g/mol. The van der Waals surface area contributed by atoms with Gasteiger partial charge in [0.2, 0.25) is 5.91 Å². The molecule has 1 aromatic rings. The fourth-order valence-electron chi connectivity index (χ4n) is 1.81. The molecule has 0 aliphatic rings. The lowest BCUT2D eigenvalue weighted by Gasteiger charge is -2.11. The SMILES string of the molecule is CC(C)COCCCNC(=O)Cn1cccc(C(F)(F)F)c1=O. The summed E-state index contributed by atoms with van der Waals surface area (Å²) in [6, 6.07) is 1.79. The highest BCUT2D eigenvalue weighted by Gasteiger charge is 2.34. The number of hydrogen-bond acceptors (Lipinski definition) is 3. The molecule has 5 nitrogen and oxygen atoms in total. The van der Waals surface area contributed by atoms with E-state index in [9.17, 15) is 22.8 Å². The summed E-state index contributed by atoms with van der Waals surface area (Å²) in [5.74, 6) is -0.0901. The first kappa shape index (κ1) is 19.2. The Morgan fingerprint density at radius 2 is 2.09 bits per heavy atom. The van der Waals surface area contributed by atoms with Gasteiger partial charge in [0.15, 0.2) is 0 Å². The summed E-state index contributed by atoms with van der Waals surface area (Å²) in [5, 5.41) is 2.54. The summed E-state index contributed by atoms with van der Waals surface area (Å²) >= 11 is 0. The van der Waals surface area contributed by atoms with Crippen LogP contribution in [0.3, 0.4) is 0 Å². The van der Waals surface area contributed by atoms with Crippen LogP contribution in [0.2, 0.25) is 0 Å². The van der Waals surface area contributed by atoms with Gasteiger partial charge in [0.25, 0.3) is 5.56 Å². The van der Waals surface area contributed by atoms with Crippen molar-refractivity contribution in [2.24, 2.45) is 5.92 Å². The van der Waals surface area contributed by atoms with E-state index in [2.05, 4.69) is 5.32 Å². The molecule has 0 aliphatic heterocycles. The van der Waals surface area contributed by atoms with Gasteiger partial charge in [0.1, 0.15) is 12.1 Å². The molecule has 0 radical (unpaired) electrons. The van der Waals surface area contributed by atoms with E-state index < -0.39 is 29.8 Å². The van der Waals surface area contributed by atoms with Crippen LogP contribution >= 0.6 is 0 Å². The first-order valence-corrected chi connectivity index (χ1v) is 7.33. The van der Waals surface area contributed by atoms with Gasteiger partial charge in [0, 0.05) is 26.0 Å². The van der Waals surface area contributed by atoms with E-state index >= 15 is 0 Å². The fraction of sp³-hybridized carbons (Fsp3) is 0.600. The van der Waals surface area contributed by atoms with E-state index in [4.69, 9.17) is 4.74 Å². The summed E-state index contributed by atoms with van der Waals surface area (Å²) in [6.45, 7) is 5.05. The largest absolute Gasteiger partial charge is 0.421 e. The number of rotatable bonds is 8. The van der Waals surface area contributed by atoms with Gasteiger partial charge >= 0.3 is 6.18 Å². The topological polar surface area (TPSA) is 60.3 Å². The minimum atomic E-state index is -4.73. The Morgan fingerprint density at radius 1 is 1.39 bits per heavy atom. The third kappa shape index (κ3) is 6.85. The van der Waals surface area contributed by atoms with Gasteiger partial charge in [-0.25, -0.2) is 0 Å². The van der Waals surface area contributed by atoms with Crippen molar-refractivity contribution in [3.05, 3.63) is 34.2 Å². The molecule has 1 N–H and O–H groups in total. The average Bonchev–Trinajstić information content (AvgIpc) is 2.43. The van der Waals surface area contributed by atoms with Gasteiger partial charge < -0.3 is 14.6 Å². The molecule has 8 heteroatoms. The molecule has 1 aromatic heterocycles. The summed E-state index contributed by atoms with van der Waals surface area (Å²) in [5.41, 5.74) is -2.51. The van der Waals surface area contributed by atoms with E-state index in [1.54, 1.807) is 0 Å². The lowest BCUT2D eigenvalue weighted by molar-refractivity contribution is -0.139. The standard InChI is InChI=1S/C15H21F3N2O3/c1-11(2)10-23-8-4-6-19-13(21)9-20-7-3-5-12(14(20)22)15(16,17)18/h3,5,7,11H,4,6,8-10H2,1-2H3,(H,19,21). The van der Waals surface area contributed by atoms with Crippen molar-refractivity contribution in [2.45, 2.75) is 33.0 Å². The molecule has 0 bridgehead atoms. The minimum Gasteiger partial charge on any atom is -0.381 e. The Morgan fingerprint density at radius 3 is 2.70 bits per heavy atom. The number of nitrogens with zero attached hydrogens (tertiary/aromatic N) is 1. The molecule has 1 amide bonds. The molecular weight excluding hydrogens is 313 g/mol. The van der Waals surface area contributed by atoms with Gasteiger partial charge in [0.05, 0.1) is 0 Å². The molecule has 0 aromatic carbocycles. The van der Waals surface area contributed by atoms with Crippen molar-refractivity contribution in [3.8, 4) is 0 Å². The number of ether oxygens (including phenoxy) is 1. The highest BCUT2D eigenvalue weighted by Crippen LogP contribution is 2.25. The Bertz CT molecular complexity index is 568. The predicted molar refractivity (Wildman–Crippen MR) is 79.0 cm³/mol. The molecule has 0 aliphatic carbocycles. The second-order valence-electron chi connectivity index (χ2n) is 5.52. The lowest BCUT2D eigenvalue weighted by atomic mass is 10.2. The van der Waals surface area contributed by atoms with E-state index in [0.717, 1.165) is 16.8 Å². The maximum atomic E-state index is 12.6. The van der Waals surface area contributed by atoms with Crippen molar-refractivity contribution in [1.29, 1.82) is 0 Å². The zero-order valence-corrected chi connectivity index (χ0v) is 13.2. The van der Waals surface area contributed by atoms with Crippen molar-refractivity contribution < 1.29 is 22.7 Å². The Hall–Kier alpha value is -1.83. The second kappa shape index (κ2) is 8.71. The van der Waals surface area contributed by atoms with E-state index in [-0.39, 0.29) is 0 Å². The third-order valence-corrected chi connectivity index (χ3v) is 2.88. The highest BCUT2D eigenvalue weighted by molar-refractivity contribution is 5.75. The molecule has 0 unspecified atom stereocenters. The summed E-state index contributed by atoms with van der Waals surface area (Å²) in [4.78, 5) is 23.3. The van der Waals surface area contributed by atoms with Crippen LogP contribution in [0, 0.1) is 5.92 Å². The minimum absolute atomic E-state index is 0.338. The molecule has 130 valence electrons. The predicted octanol–water partition coefficient (Wildman–Crippen LogP) is 2.05. The first-order chi connectivity index (χ1) is 10.7. The highest BCUT2D eigenvalue weighted by atomic mass is 19.4. The number of aromatic nitrogens is 1. The number of nitrogens with one attached hydrogen (secondary N) is 1. The quantitative estimate of drug-likeness (QED) is 0.740. The van der Waals surface area contributed by atoms with Crippen LogP contribution in [0.1, 0.15) is 25.8 Å². The summed E-state index contributed by atoms with van der Waals surface area (Å²) in [6.07, 6.45) is -2.98. The van der Waals surface area contributed by atoms with Crippen molar-refractivity contribution in [1.82, 2.24) is 9.88 Å². The van der Waals surface area contributed by atoms with Gasteiger partial charge in [-0.05, 0) is 24.5 Å². The van der Waals surface area contributed by atoms with Crippen LogP contribution in [-0.4, -0.2) is 30.2 Å². The van der Waals surface area contributed by atoms with Crippen LogP contribution in [0.15, 0.2) is 23.1 Å². The first-order valence-electron chi connectivity index (χ1n) is 7.33. The molecule has 0 atom stereocenters. The summed E-state index contributed by atoms with van der Waals surface area (Å²) in [7, 11) is 0. The van der Waals surface area contributed by atoms with Crippen LogP contribution in [0.4, 0.5) is 13.2 Å². The van der Waals surface area contributed by atoms with Gasteiger partial charge in [-0.15, -0.1) is 0 Å². The molecular formula is C15H21F3N2O3. The van der Waals surface area contributed by atoms with Gasteiger partial charge in [-0.3, -0.25) is 9.59 Å². The maximum Gasteiger partial charge on any atom is 0.421 e.